The van der Waals surface area contributed by atoms with E-state index in [1.54, 1.807) is 18.2 Å². The van der Waals surface area contributed by atoms with Gasteiger partial charge in [0.1, 0.15) is 5.82 Å². The van der Waals surface area contributed by atoms with Crippen molar-refractivity contribution in [3.63, 3.8) is 0 Å². The lowest BCUT2D eigenvalue weighted by molar-refractivity contribution is 0.778. The molecule has 7 heteroatoms. The highest BCUT2D eigenvalue weighted by molar-refractivity contribution is 6.36. The van der Waals surface area contributed by atoms with E-state index in [1.165, 1.54) is 13.1 Å². The molecule has 2 aromatic rings. The van der Waals surface area contributed by atoms with Crippen LogP contribution in [0.4, 0.5) is 11.5 Å². The van der Waals surface area contributed by atoms with Crippen molar-refractivity contribution in [2.24, 2.45) is 7.05 Å². The van der Waals surface area contributed by atoms with Gasteiger partial charge >= 0.3 is 5.69 Å². The Morgan fingerprint density at radius 2 is 1.94 bits per heavy atom. The van der Waals surface area contributed by atoms with E-state index in [4.69, 9.17) is 23.2 Å². The first-order valence-corrected chi connectivity index (χ1v) is 5.75. The van der Waals surface area contributed by atoms with Gasteiger partial charge in [0.2, 0.25) is 0 Å². The molecule has 1 heterocycles. The number of benzene rings is 1. The highest BCUT2D eigenvalue weighted by Gasteiger charge is 2.04. The molecule has 0 radical (unpaired) electrons. The van der Waals surface area contributed by atoms with E-state index < -0.39 is 11.2 Å². The second-order valence-corrected chi connectivity index (χ2v) is 4.48. The fourth-order valence-corrected chi connectivity index (χ4v) is 1.81. The maximum atomic E-state index is 11.4. The van der Waals surface area contributed by atoms with Crippen molar-refractivity contribution >= 4 is 34.7 Å². The lowest BCUT2D eigenvalue weighted by Crippen LogP contribution is -2.32. The van der Waals surface area contributed by atoms with Crippen LogP contribution in [-0.2, 0) is 7.05 Å². The summed E-state index contributed by atoms with van der Waals surface area (Å²) >= 11 is 11.7. The quantitative estimate of drug-likeness (QED) is 0.888. The number of rotatable bonds is 2. The van der Waals surface area contributed by atoms with Crippen molar-refractivity contribution < 1.29 is 0 Å². The molecule has 0 saturated heterocycles. The summed E-state index contributed by atoms with van der Waals surface area (Å²) < 4.78 is 0.967. The Kier molecular flexibility index (Phi) is 3.45. The van der Waals surface area contributed by atoms with E-state index in [0.29, 0.717) is 15.7 Å². The second kappa shape index (κ2) is 4.88. The Hall–Kier alpha value is -1.72. The van der Waals surface area contributed by atoms with Gasteiger partial charge in [-0.1, -0.05) is 23.2 Å². The maximum Gasteiger partial charge on any atom is 0.329 e. The average molecular weight is 286 g/mol. The first-order valence-electron chi connectivity index (χ1n) is 5.00. The van der Waals surface area contributed by atoms with Gasteiger partial charge < -0.3 is 5.32 Å². The predicted octanol–water partition coefficient (Wildman–Crippen LogP) is 2.12. The summed E-state index contributed by atoms with van der Waals surface area (Å²) in [6, 6.07) is 6.13. The number of anilines is 2. The number of hydrogen-bond donors (Lipinski definition) is 2. The number of nitrogens with one attached hydrogen (secondary N) is 2. The van der Waals surface area contributed by atoms with E-state index in [0.717, 1.165) is 4.57 Å². The molecule has 2 N–H and O–H groups in total. The molecule has 0 unspecified atom stereocenters. The maximum absolute atomic E-state index is 11.4. The highest BCUT2D eigenvalue weighted by atomic mass is 35.5. The molecule has 94 valence electrons. The van der Waals surface area contributed by atoms with E-state index >= 15 is 0 Å². The number of aromatic nitrogens is 2. The van der Waals surface area contributed by atoms with Crippen molar-refractivity contribution in [2.45, 2.75) is 0 Å². The van der Waals surface area contributed by atoms with Crippen LogP contribution in [-0.4, -0.2) is 9.55 Å². The average Bonchev–Trinajstić information content (AvgIpc) is 2.29. The summed E-state index contributed by atoms with van der Waals surface area (Å²) in [6.07, 6.45) is 0. The molecule has 0 aliphatic rings. The molecule has 1 aromatic carbocycles. The lowest BCUT2D eigenvalue weighted by Gasteiger charge is -2.08. The zero-order chi connectivity index (χ0) is 13.3. The first-order chi connectivity index (χ1) is 8.47. The Bertz CT molecular complexity index is 675. The standard InChI is InChI=1S/C11H9Cl2N3O2/c1-16-10(17)5-9(15-11(16)18)14-8-3-2-6(12)4-7(8)13/h2-5,14H,1H3,(H,15,18). The lowest BCUT2D eigenvalue weighted by atomic mass is 10.3. The SMILES string of the molecule is Cn1c(=O)cc(Nc2ccc(Cl)cc2Cl)[nH]c1=O. The molecular weight excluding hydrogens is 277 g/mol. The summed E-state index contributed by atoms with van der Waals surface area (Å²) in [5, 5.41) is 3.74. The minimum atomic E-state index is -0.505. The first kappa shape index (κ1) is 12.7. The van der Waals surface area contributed by atoms with E-state index in [1.807, 2.05) is 0 Å². The molecule has 18 heavy (non-hydrogen) atoms. The van der Waals surface area contributed by atoms with Crippen LogP contribution in [0.2, 0.25) is 10.0 Å². The molecule has 5 nitrogen and oxygen atoms in total. The normalized spacial score (nSPS) is 10.4. The van der Waals surface area contributed by atoms with E-state index in [-0.39, 0.29) is 5.82 Å². The van der Waals surface area contributed by atoms with Crippen LogP contribution in [0.25, 0.3) is 0 Å². The molecule has 0 aliphatic carbocycles. The molecule has 0 fully saturated rings. The number of aromatic amines is 1. The minimum absolute atomic E-state index is 0.271. The summed E-state index contributed by atoms with van der Waals surface area (Å²) in [6.45, 7) is 0. The zero-order valence-electron chi connectivity index (χ0n) is 9.33. The van der Waals surface area contributed by atoms with Crippen molar-refractivity contribution in [3.8, 4) is 0 Å². The summed E-state index contributed by atoms with van der Waals surface area (Å²) in [5.74, 6) is 0.271. The minimum Gasteiger partial charge on any atom is -0.340 e. The predicted molar refractivity (Wildman–Crippen MR) is 72.0 cm³/mol. The van der Waals surface area contributed by atoms with E-state index in [2.05, 4.69) is 10.3 Å². The van der Waals surface area contributed by atoms with Gasteiger partial charge in [-0.2, -0.15) is 0 Å². The van der Waals surface area contributed by atoms with Crippen LogP contribution < -0.4 is 16.6 Å². The number of halogens is 2. The Morgan fingerprint density at radius 1 is 1.22 bits per heavy atom. The third-order valence-electron chi connectivity index (χ3n) is 2.35. The van der Waals surface area contributed by atoms with Gasteiger partial charge in [0, 0.05) is 18.1 Å². The Morgan fingerprint density at radius 3 is 2.56 bits per heavy atom. The van der Waals surface area contributed by atoms with Crippen LogP contribution in [0.3, 0.4) is 0 Å². The van der Waals surface area contributed by atoms with Crippen molar-refractivity contribution in [1.82, 2.24) is 9.55 Å². The summed E-state index contributed by atoms with van der Waals surface area (Å²) in [4.78, 5) is 25.4. The topological polar surface area (TPSA) is 66.9 Å². The van der Waals surface area contributed by atoms with Gasteiger partial charge in [0.15, 0.2) is 0 Å². The monoisotopic (exact) mass is 285 g/mol. The highest BCUT2D eigenvalue weighted by Crippen LogP contribution is 2.26. The van der Waals surface area contributed by atoms with Crippen LogP contribution in [0.15, 0.2) is 33.9 Å². The van der Waals surface area contributed by atoms with Gasteiger partial charge in [-0.15, -0.1) is 0 Å². The second-order valence-electron chi connectivity index (χ2n) is 3.63. The number of nitrogens with zero attached hydrogens (tertiary/aromatic N) is 1. The Balaban J connectivity index is 2.40. The van der Waals surface area contributed by atoms with E-state index in [9.17, 15) is 9.59 Å². The van der Waals surface area contributed by atoms with Gasteiger partial charge in [-0.05, 0) is 18.2 Å². The molecule has 2 rings (SSSR count). The van der Waals surface area contributed by atoms with Crippen molar-refractivity contribution in [2.75, 3.05) is 5.32 Å². The van der Waals surface area contributed by atoms with Crippen molar-refractivity contribution in [3.05, 3.63) is 55.1 Å². The molecule has 0 spiro atoms. The van der Waals surface area contributed by atoms with Crippen LogP contribution >= 0.6 is 23.2 Å². The fourth-order valence-electron chi connectivity index (χ4n) is 1.36. The van der Waals surface area contributed by atoms with Gasteiger partial charge in [0.05, 0.1) is 10.7 Å². The number of H-pyrrole nitrogens is 1. The third-order valence-corrected chi connectivity index (χ3v) is 2.89. The molecule has 0 bridgehead atoms. The molecule has 1 aromatic heterocycles. The molecule has 0 aliphatic heterocycles. The zero-order valence-corrected chi connectivity index (χ0v) is 10.8. The van der Waals surface area contributed by atoms with Crippen LogP contribution in [0.5, 0.6) is 0 Å². The Labute approximate surface area is 112 Å². The van der Waals surface area contributed by atoms with Gasteiger partial charge in [-0.25, -0.2) is 4.79 Å². The van der Waals surface area contributed by atoms with Crippen LogP contribution in [0.1, 0.15) is 0 Å². The summed E-state index contributed by atoms with van der Waals surface area (Å²) in [7, 11) is 1.39. The molecule has 0 atom stereocenters. The fraction of sp³-hybridized carbons (Fsp3) is 0.0909. The summed E-state index contributed by atoms with van der Waals surface area (Å²) in [5.41, 5.74) is -0.369. The largest absolute Gasteiger partial charge is 0.340 e. The van der Waals surface area contributed by atoms with Gasteiger partial charge in [0.25, 0.3) is 5.56 Å². The molecule has 0 saturated carbocycles. The smallest absolute Gasteiger partial charge is 0.329 e. The third kappa shape index (κ3) is 2.57. The number of hydrogen-bond acceptors (Lipinski definition) is 3. The van der Waals surface area contributed by atoms with Crippen molar-refractivity contribution in [1.29, 1.82) is 0 Å². The van der Waals surface area contributed by atoms with Crippen LogP contribution in [0, 0.1) is 0 Å². The van der Waals surface area contributed by atoms with Gasteiger partial charge in [-0.3, -0.25) is 14.3 Å². The molecule has 0 amide bonds. The molecular formula is C11H9Cl2N3O2.